The Morgan fingerprint density at radius 3 is 0.750 bits per heavy atom. The van der Waals surface area contributed by atoms with Crippen LogP contribution < -0.4 is 0 Å². The van der Waals surface area contributed by atoms with Gasteiger partial charge in [0.2, 0.25) is 0 Å². The fourth-order valence-electron chi connectivity index (χ4n) is 1.97. The summed E-state index contributed by atoms with van der Waals surface area (Å²) >= 11 is 0. The number of carboxylic acids is 4. The molecule has 0 aliphatic carbocycles. The fraction of sp³-hybridized carbons (Fsp3) is 0.714. The number of hydrogen-bond acceptors (Lipinski definition) is 6. The third-order valence-electron chi connectivity index (χ3n) is 3.30. The molecule has 4 radical (unpaired) electrons. The molecule has 10 nitrogen and oxygen atoms in total. The van der Waals surface area contributed by atoms with Crippen molar-refractivity contribution in [1.82, 2.24) is 9.80 Å². The van der Waals surface area contributed by atoms with Crippen LogP contribution in [-0.4, -0.2) is 212 Å². The van der Waals surface area contributed by atoms with E-state index in [1.165, 1.54) is 0 Å². The van der Waals surface area contributed by atoms with Crippen molar-refractivity contribution in [2.24, 2.45) is 0 Å². The van der Waals surface area contributed by atoms with Crippen LogP contribution in [0.2, 0.25) is 0 Å². The molecule has 0 saturated heterocycles. The first kappa shape index (κ1) is 40.2. The summed E-state index contributed by atoms with van der Waals surface area (Å²) in [4.78, 5) is 45.9. The van der Waals surface area contributed by atoms with Gasteiger partial charge < -0.3 is 30.2 Å². The van der Waals surface area contributed by atoms with E-state index in [4.69, 9.17) is 20.4 Å². The monoisotopic (exact) mass is 440 g/mol. The molecular weight excluding hydrogens is 416 g/mol. The molecule has 14 heteroatoms. The first-order chi connectivity index (χ1) is 11.2. The Kier molecular flexibility index (Phi) is 36.0. The van der Waals surface area contributed by atoms with E-state index in [1.54, 1.807) is 9.80 Å². The van der Waals surface area contributed by atoms with Gasteiger partial charge in [-0.05, 0) is 0 Å². The number of nitrogens with zero attached hydrogens (tertiary/aromatic N) is 2. The van der Waals surface area contributed by atoms with E-state index in [1.807, 2.05) is 0 Å². The van der Waals surface area contributed by atoms with Crippen LogP contribution in [0.1, 0.15) is 25.7 Å². The molecule has 142 valence electrons. The molecule has 4 N–H and O–H groups in total. The van der Waals surface area contributed by atoms with E-state index >= 15 is 0 Å². The van der Waals surface area contributed by atoms with Crippen LogP contribution in [0.3, 0.4) is 0 Å². The van der Waals surface area contributed by atoms with Gasteiger partial charge >= 0.3 is 23.9 Å². The maximum absolute atomic E-state index is 10.7. The third-order valence-corrected chi connectivity index (χ3v) is 3.30. The molecule has 0 aromatic rings. The molecular formula is C14H24N2Na4O8. The van der Waals surface area contributed by atoms with Crippen LogP contribution in [0, 0.1) is 0 Å². The van der Waals surface area contributed by atoms with E-state index in [9.17, 15) is 19.2 Å². The molecule has 0 fully saturated rings. The van der Waals surface area contributed by atoms with Crippen LogP contribution in [-0.2, 0) is 19.2 Å². The van der Waals surface area contributed by atoms with Crippen molar-refractivity contribution in [3.05, 3.63) is 0 Å². The second-order valence-electron chi connectivity index (χ2n) is 5.26. The van der Waals surface area contributed by atoms with Crippen LogP contribution >= 0.6 is 0 Å². The minimum atomic E-state index is -0.996. The molecule has 0 aliphatic rings. The van der Waals surface area contributed by atoms with Crippen molar-refractivity contribution in [2.75, 3.05) is 39.3 Å². The molecule has 0 aliphatic heterocycles. The van der Waals surface area contributed by atoms with Crippen molar-refractivity contribution >= 4 is 142 Å². The molecule has 0 bridgehead atoms. The van der Waals surface area contributed by atoms with Gasteiger partial charge in [0.25, 0.3) is 0 Å². The fourth-order valence-corrected chi connectivity index (χ4v) is 1.97. The Bertz CT molecular complexity index is 381. The molecule has 0 amide bonds. The first-order valence-corrected chi connectivity index (χ1v) is 7.52. The summed E-state index contributed by atoms with van der Waals surface area (Å²) in [7, 11) is 0. The second-order valence-corrected chi connectivity index (χ2v) is 5.26. The zero-order valence-corrected chi connectivity index (χ0v) is 25.4. The molecule has 0 aromatic carbocycles. The van der Waals surface area contributed by atoms with Crippen molar-refractivity contribution in [3.8, 4) is 0 Å². The van der Waals surface area contributed by atoms with Gasteiger partial charge in [-0.15, -0.1) is 0 Å². The SMILES string of the molecule is O=C(O)CCN(CCC(=O)O)CCN(CCC(=O)O)CCC(=O)O.[Na].[Na].[Na].[Na]. The Morgan fingerprint density at radius 1 is 0.429 bits per heavy atom. The van der Waals surface area contributed by atoms with Crippen LogP contribution in [0.15, 0.2) is 0 Å². The summed E-state index contributed by atoms with van der Waals surface area (Å²) in [5.41, 5.74) is 0. The number of hydrogen-bond donors (Lipinski definition) is 4. The Balaban J connectivity index is -0.000000441. The zero-order valence-electron chi connectivity index (χ0n) is 17.4. The number of rotatable bonds is 15. The minimum Gasteiger partial charge on any atom is -0.481 e. The maximum Gasteiger partial charge on any atom is 0.304 e. The van der Waals surface area contributed by atoms with Gasteiger partial charge in [-0.2, -0.15) is 0 Å². The second kappa shape index (κ2) is 25.1. The number of aliphatic carboxylic acids is 4. The quantitative estimate of drug-likeness (QED) is 0.209. The largest absolute Gasteiger partial charge is 0.481 e. The van der Waals surface area contributed by atoms with E-state index in [2.05, 4.69) is 0 Å². The van der Waals surface area contributed by atoms with E-state index < -0.39 is 23.9 Å². The molecule has 0 heterocycles. The third kappa shape index (κ3) is 27.8. The molecule has 0 rings (SSSR count). The summed E-state index contributed by atoms with van der Waals surface area (Å²) < 4.78 is 0. The summed E-state index contributed by atoms with van der Waals surface area (Å²) in [5, 5.41) is 34.9. The summed E-state index contributed by atoms with van der Waals surface area (Å²) in [6.45, 7) is 1.37. The van der Waals surface area contributed by atoms with E-state index in [0.717, 1.165) is 0 Å². The van der Waals surface area contributed by atoms with Crippen molar-refractivity contribution in [2.45, 2.75) is 25.7 Å². The predicted octanol–water partition coefficient (Wildman–Crippen LogP) is -2.03. The van der Waals surface area contributed by atoms with Crippen molar-refractivity contribution in [1.29, 1.82) is 0 Å². The molecule has 0 saturated carbocycles. The Morgan fingerprint density at radius 2 is 0.607 bits per heavy atom. The summed E-state index contributed by atoms with van der Waals surface area (Å²) in [5.74, 6) is -3.99. The smallest absolute Gasteiger partial charge is 0.304 e. The van der Waals surface area contributed by atoms with Crippen LogP contribution in [0.25, 0.3) is 0 Å². The van der Waals surface area contributed by atoms with Gasteiger partial charge in [-0.25, -0.2) is 0 Å². The molecule has 0 atom stereocenters. The Labute approximate surface area is 252 Å². The Hall–Kier alpha value is 1.80. The van der Waals surface area contributed by atoms with E-state index in [-0.39, 0.29) is 170 Å². The van der Waals surface area contributed by atoms with Gasteiger partial charge in [0.05, 0.1) is 25.7 Å². The van der Waals surface area contributed by atoms with Gasteiger partial charge in [-0.1, -0.05) is 0 Å². The van der Waals surface area contributed by atoms with Gasteiger partial charge in [0.15, 0.2) is 0 Å². The zero-order chi connectivity index (χ0) is 18.5. The van der Waals surface area contributed by atoms with Gasteiger partial charge in [-0.3, -0.25) is 19.2 Å². The standard InChI is InChI=1S/C14H24N2O8.4Na/c17-11(18)1-5-15(6-2-12(19)20)9-10-16(7-3-13(21)22)8-4-14(23)24;;;;/h1-10H2,(H,17,18)(H,19,20)(H,21,22)(H,23,24);;;;. The van der Waals surface area contributed by atoms with Crippen LogP contribution in [0.5, 0.6) is 0 Å². The van der Waals surface area contributed by atoms with E-state index in [0.29, 0.717) is 13.1 Å². The van der Waals surface area contributed by atoms with Crippen LogP contribution in [0.4, 0.5) is 0 Å². The van der Waals surface area contributed by atoms with Crippen molar-refractivity contribution in [3.63, 3.8) is 0 Å². The summed E-state index contributed by atoms with van der Waals surface area (Å²) in [6, 6.07) is 0. The van der Waals surface area contributed by atoms with Crippen molar-refractivity contribution < 1.29 is 39.6 Å². The topological polar surface area (TPSA) is 156 Å². The average Bonchev–Trinajstić information content (AvgIpc) is 2.47. The molecule has 0 unspecified atom stereocenters. The maximum atomic E-state index is 10.7. The summed E-state index contributed by atoms with van der Waals surface area (Å²) in [6.07, 6.45) is -0.540. The predicted molar refractivity (Wildman–Crippen MR) is 105 cm³/mol. The molecule has 0 aromatic heterocycles. The minimum absolute atomic E-state index is 0. The first-order valence-electron chi connectivity index (χ1n) is 7.52. The average molecular weight is 440 g/mol. The number of carbonyl (C=O) groups is 4. The number of carboxylic acid groups (broad SMARTS) is 4. The normalized spacial score (nSPS) is 9.36. The molecule has 0 spiro atoms. The van der Waals surface area contributed by atoms with Gasteiger partial charge in [0, 0.05) is 157 Å². The van der Waals surface area contributed by atoms with Gasteiger partial charge in [0.1, 0.15) is 0 Å². The molecule has 28 heavy (non-hydrogen) atoms.